The summed E-state index contributed by atoms with van der Waals surface area (Å²) in [7, 11) is -1.40. The van der Waals surface area contributed by atoms with Gasteiger partial charge in [-0.2, -0.15) is 19.6 Å². The highest BCUT2D eigenvalue weighted by molar-refractivity contribution is 7.89. The van der Waals surface area contributed by atoms with Crippen molar-refractivity contribution >= 4 is 33.6 Å². The molecule has 29 heavy (non-hydrogen) atoms. The van der Waals surface area contributed by atoms with Crippen molar-refractivity contribution in [3.05, 3.63) is 18.3 Å². The van der Waals surface area contributed by atoms with Crippen LogP contribution in [0, 0.1) is 0 Å². The molecule has 1 aliphatic heterocycles. The average Bonchev–Trinajstić information content (AvgIpc) is 3.29. The highest BCUT2D eigenvalue weighted by Crippen LogP contribution is 2.21. The lowest BCUT2D eigenvalue weighted by atomic mass is 10.1. The SMILES string of the molecule is C=Cc1cc2nc(N3CC(NC)C3)nc(NCCS(=O)(=O)NC3CCCC3)n2n1. The summed E-state index contributed by atoms with van der Waals surface area (Å²) in [4.78, 5) is 11.3. The molecule has 3 N–H and O–H groups in total. The van der Waals surface area contributed by atoms with Crippen LogP contribution in [0.3, 0.4) is 0 Å². The van der Waals surface area contributed by atoms with E-state index in [1.54, 1.807) is 10.6 Å². The molecular formula is C18H28N8O2S. The molecule has 158 valence electrons. The van der Waals surface area contributed by atoms with Crippen molar-refractivity contribution in [3.63, 3.8) is 0 Å². The average molecular weight is 421 g/mol. The van der Waals surface area contributed by atoms with Crippen LogP contribution >= 0.6 is 0 Å². The topological polar surface area (TPSA) is 117 Å². The molecule has 1 saturated heterocycles. The summed E-state index contributed by atoms with van der Waals surface area (Å²) in [6, 6.07) is 2.33. The van der Waals surface area contributed by atoms with Gasteiger partial charge in [-0.15, -0.1) is 0 Å². The van der Waals surface area contributed by atoms with E-state index in [-0.39, 0.29) is 18.3 Å². The Hall–Kier alpha value is -2.24. The Balaban J connectivity index is 1.47. The predicted molar refractivity (Wildman–Crippen MR) is 114 cm³/mol. The number of hydrogen-bond acceptors (Lipinski definition) is 8. The molecule has 11 heteroatoms. The minimum atomic E-state index is -3.34. The molecule has 2 aliphatic rings. The van der Waals surface area contributed by atoms with Crippen LogP contribution in [-0.2, 0) is 10.0 Å². The molecule has 2 aromatic heterocycles. The van der Waals surface area contributed by atoms with Crippen LogP contribution < -0.4 is 20.3 Å². The molecule has 0 bridgehead atoms. The van der Waals surface area contributed by atoms with Gasteiger partial charge in [-0.3, -0.25) is 0 Å². The number of hydrogen-bond donors (Lipinski definition) is 3. The normalized spacial score (nSPS) is 18.3. The van der Waals surface area contributed by atoms with E-state index in [1.165, 1.54) is 0 Å². The fraction of sp³-hybridized carbons (Fsp3) is 0.611. The van der Waals surface area contributed by atoms with Crippen LogP contribution in [0.2, 0.25) is 0 Å². The zero-order chi connectivity index (χ0) is 20.4. The number of fused-ring (bicyclic) bond motifs is 1. The van der Waals surface area contributed by atoms with E-state index in [1.807, 2.05) is 13.1 Å². The van der Waals surface area contributed by atoms with E-state index in [2.05, 4.69) is 41.9 Å². The van der Waals surface area contributed by atoms with Crippen molar-refractivity contribution in [2.24, 2.45) is 0 Å². The first-order valence-corrected chi connectivity index (χ1v) is 11.7. The number of nitrogens with one attached hydrogen (secondary N) is 3. The first-order chi connectivity index (χ1) is 14.0. The Bertz CT molecular complexity index is 977. The first kappa shape index (κ1) is 20.0. The minimum Gasteiger partial charge on any atom is -0.353 e. The quantitative estimate of drug-likeness (QED) is 0.535. The predicted octanol–water partition coefficient (Wildman–Crippen LogP) is 0.449. The third-order valence-corrected chi connectivity index (χ3v) is 6.90. The van der Waals surface area contributed by atoms with Gasteiger partial charge in [-0.1, -0.05) is 19.4 Å². The van der Waals surface area contributed by atoms with Crippen LogP contribution in [0.5, 0.6) is 0 Å². The van der Waals surface area contributed by atoms with Gasteiger partial charge < -0.3 is 15.5 Å². The Kier molecular flexibility index (Phi) is 5.70. The molecule has 2 aromatic rings. The Morgan fingerprint density at radius 2 is 2.00 bits per heavy atom. The summed E-state index contributed by atoms with van der Waals surface area (Å²) in [6.07, 6.45) is 5.66. The first-order valence-electron chi connectivity index (χ1n) is 10.0. The second kappa shape index (κ2) is 8.25. The molecular weight excluding hydrogens is 392 g/mol. The van der Waals surface area contributed by atoms with Gasteiger partial charge in [0.15, 0.2) is 5.65 Å². The monoisotopic (exact) mass is 420 g/mol. The van der Waals surface area contributed by atoms with E-state index < -0.39 is 10.0 Å². The van der Waals surface area contributed by atoms with Crippen LogP contribution in [0.25, 0.3) is 11.7 Å². The number of anilines is 2. The molecule has 3 heterocycles. The Morgan fingerprint density at radius 1 is 1.24 bits per heavy atom. The van der Waals surface area contributed by atoms with Crippen LogP contribution in [0.4, 0.5) is 11.9 Å². The highest BCUT2D eigenvalue weighted by Gasteiger charge is 2.28. The number of likely N-dealkylation sites (N-methyl/N-ethyl adjacent to an activating group) is 1. The molecule has 10 nitrogen and oxygen atoms in total. The fourth-order valence-corrected chi connectivity index (χ4v) is 4.96. The second-order valence-corrected chi connectivity index (χ2v) is 9.50. The van der Waals surface area contributed by atoms with Gasteiger partial charge in [0.1, 0.15) is 0 Å². The molecule has 0 unspecified atom stereocenters. The maximum Gasteiger partial charge on any atom is 0.230 e. The molecule has 0 aromatic carbocycles. The van der Waals surface area contributed by atoms with E-state index >= 15 is 0 Å². The summed E-state index contributed by atoms with van der Waals surface area (Å²) in [6.45, 7) is 5.64. The third kappa shape index (κ3) is 4.51. The van der Waals surface area contributed by atoms with Crippen molar-refractivity contribution in [2.45, 2.75) is 37.8 Å². The van der Waals surface area contributed by atoms with Gasteiger partial charge in [0, 0.05) is 37.8 Å². The zero-order valence-corrected chi connectivity index (χ0v) is 17.5. The number of rotatable bonds is 9. The van der Waals surface area contributed by atoms with Gasteiger partial charge in [0.05, 0.1) is 11.4 Å². The number of nitrogens with zero attached hydrogens (tertiary/aromatic N) is 5. The lowest BCUT2D eigenvalue weighted by Gasteiger charge is -2.39. The lowest BCUT2D eigenvalue weighted by molar-refractivity contribution is 0.443. The largest absolute Gasteiger partial charge is 0.353 e. The van der Waals surface area contributed by atoms with Crippen molar-refractivity contribution in [2.75, 3.05) is 42.7 Å². The standard InChI is InChI=1S/C18H28N8O2S/c1-3-13-10-16-21-18(25-11-15(12-25)19-2)22-17(26(16)23-13)20-8-9-29(27,28)24-14-6-4-5-7-14/h3,10,14-15,19,24H,1,4-9,11-12H2,2H3,(H,20,21,22). The van der Waals surface area contributed by atoms with E-state index in [0.29, 0.717) is 29.3 Å². The number of sulfonamides is 1. The molecule has 1 saturated carbocycles. The molecule has 0 amide bonds. The number of aromatic nitrogens is 4. The smallest absolute Gasteiger partial charge is 0.230 e. The van der Waals surface area contributed by atoms with Crippen LogP contribution in [0.15, 0.2) is 12.6 Å². The maximum absolute atomic E-state index is 12.4. The van der Waals surface area contributed by atoms with Gasteiger partial charge in [0.2, 0.25) is 21.9 Å². The van der Waals surface area contributed by atoms with Crippen molar-refractivity contribution in [1.29, 1.82) is 0 Å². The van der Waals surface area contributed by atoms with Gasteiger partial charge >= 0.3 is 0 Å². The zero-order valence-electron chi connectivity index (χ0n) is 16.6. The molecule has 0 spiro atoms. The van der Waals surface area contributed by atoms with Gasteiger partial charge in [0.25, 0.3) is 0 Å². The van der Waals surface area contributed by atoms with Crippen molar-refractivity contribution in [3.8, 4) is 0 Å². The van der Waals surface area contributed by atoms with Crippen molar-refractivity contribution in [1.82, 2.24) is 29.6 Å². The molecule has 1 aliphatic carbocycles. The van der Waals surface area contributed by atoms with Gasteiger partial charge in [-0.25, -0.2) is 13.1 Å². The van der Waals surface area contributed by atoms with Crippen LogP contribution in [-0.4, -0.2) is 72.5 Å². The van der Waals surface area contributed by atoms with Gasteiger partial charge in [-0.05, 0) is 26.0 Å². The van der Waals surface area contributed by atoms with Crippen LogP contribution in [0.1, 0.15) is 31.4 Å². The molecule has 4 rings (SSSR count). The van der Waals surface area contributed by atoms with E-state index in [9.17, 15) is 8.42 Å². The second-order valence-electron chi connectivity index (χ2n) is 7.63. The minimum absolute atomic E-state index is 0.0224. The molecule has 2 fully saturated rings. The molecule has 0 radical (unpaired) electrons. The van der Waals surface area contributed by atoms with E-state index in [4.69, 9.17) is 0 Å². The lowest BCUT2D eigenvalue weighted by Crippen LogP contribution is -2.57. The maximum atomic E-state index is 12.4. The highest BCUT2D eigenvalue weighted by atomic mass is 32.2. The van der Waals surface area contributed by atoms with Crippen molar-refractivity contribution < 1.29 is 8.42 Å². The molecule has 0 atom stereocenters. The summed E-state index contributed by atoms with van der Waals surface area (Å²) in [5, 5.41) is 10.8. The Morgan fingerprint density at radius 3 is 2.69 bits per heavy atom. The summed E-state index contributed by atoms with van der Waals surface area (Å²) < 4.78 is 29.1. The van der Waals surface area contributed by atoms with E-state index in [0.717, 1.165) is 38.8 Å². The summed E-state index contributed by atoms with van der Waals surface area (Å²) >= 11 is 0. The fourth-order valence-electron chi connectivity index (χ4n) is 3.73. The third-order valence-electron chi connectivity index (χ3n) is 5.47. The summed E-state index contributed by atoms with van der Waals surface area (Å²) in [5.74, 6) is 1.06. The summed E-state index contributed by atoms with van der Waals surface area (Å²) in [5.41, 5.74) is 1.33. The Labute approximate surface area is 170 Å².